The van der Waals surface area contributed by atoms with Crippen molar-refractivity contribution >= 4 is 23.2 Å². The average molecular weight is 254 g/mol. The number of nitrogens with two attached hydrogens (primary N) is 2. The average Bonchev–Trinajstić information content (AvgIpc) is 2.76. The Morgan fingerprint density at radius 2 is 2.29 bits per heavy atom. The fourth-order valence-electron chi connectivity index (χ4n) is 2.29. The number of carbonyl (C=O) groups is 1. The maximum atomic E-state index is 11.0. The molecular weight excluding hydrogens is 238 g/mol. The van der Waals surface area contributed by atoms with Crippen molar-refractivity contribution in [2.45, 2.75) is 18.9 Å². The number of amides is 1. The molecular formula is C12H16ClN3O. The quantitative estimate of drug-likeness (QED) is 0.855. The van der Waals surface area contributed by atoms with Crippen molar-refractivity contribution < 1.29 is 4.79 Å². The van der Waals surface area contributed by atoms with Crippen LogP contribution in [0, 0.1) is 0 Å². The van der Waals surface area contributed by atoms with E-state index < -0.39 is 5.91 Å². The molecule has 0 radical (unpaired) electrons. The molecule has 0 bridgehead atoms. The highest BCUT2D eigenvalue weighted by molar-refractivity contribution is 6.33. The molecule has 2 rings (SSSR count). The molecule has 92 valence electrons. The molecule has 1 heterocycles. The first kappa shape index (κ1) is 12.2. The van der Waals surface area contributed by atoms with Crippen molar-refractivity contribution in [2.75, 3.05) is 18.0 Å². The number of nitrogens with zero attached hydrogens (tertiary/aromatic N) is 1. The Balaban J connectivity index is 2.30. The summed E-state index contributed by atoms with van der Waals surface area (Å²) in [5, 5.41) is 0.557. The first-order valence-corrected chi connectivity index (χ1v) is 6.07. The van der Waals surface area contributed by atoms with Crippen LogP contribution in [0.5, 0.6) is 0 Å². The Morgan fingerprint density at radius 1 is 1.53 bits per heavy atom. The first-order chi connectivity index (χ1) is 8.13. The lowest BCUT2D eigenvalue weighted by molar-refractivity contribution is 0.100. The molecule has 1 aromatic rings. The molecule has 1 aliphatic rings. The highest BCUT2D eigenvalue weighted by atomic mass is 35.5. The predicted octanol–water partition coefficient (Wildman–Crippen LogP) is 1.37. The Hall–Kier alpha value is -1.26. The van der Waals surface area contributed by atoms with Crippen molar-refractivity contribution in [1.82, 2.24) is 0 Å². The second-order valence-corrected chi connectivity index (χ2v) is 4.66. The molecule has 0 spiro atoms. The van der Waals surface area contributed by atoms with Crippen molar-refractivity contribution in [3.8, 4) is 0 Å². The van der Waals surface area contributed by atoms with Gasteiger partial charge in [-0.1, -0.05) is 11.6 Å². The molecule has 17 heavy (non-hydrogen) atoms. The van der Waals surface area contributed by atoms with Crippen molar-refractivity contribution in [3.05, 3.63) is 28.8 Å². The summed E-state index contributed by atoms with van der Waals surface area (Å²) < 4.78 is 0. The molecule has 0 aliphatic carbocycles. The monoisotopic (exact) mass is 253 g/mol. The summed E-state index contributed by atoms with van der Waals surface area (Å²) >= 11 is 6.19. The minimum absolute atomic E-state index is 0.340. The van der Waals surface area contributed by atoms with Crippen LogP contribution in [0.2, 0.25) is 5.02 Å². The van der Waals surface area contributed by atoms with Gasteiger partial charge in [0, 0.05) is 24.7 Å². The number of carbonyl (C=O) groups excluding carboxylic acids is 1. The highest BCUT2D eigenvalue weighted by Crippen LogP contribution is 2.32. The van der Waals surface area contributed by atoms with Crippen LogP contribution >= 0.6 is 11.6 Å². The van der Waals surface area contributed by atoms with Gasteiger partial charge in [0.25, 0.3) is 0 Å². The standard InChI is InChI=1S/C12H16ClN3O/c13-10-6-8(12(15)17)3-4-11(10)16-5-1-2-9(16)7-14/h3-4,6,9H,1-2,5,7,14H2,(H2,15,17). The zero-order chi connectivity index (χ0) is 12.4. The van der Waals surface area contributed by atoms with Crippen molar-refractivity contribution in [3.63, 3.8) is 0 Å². The molecule has 1 fully saturated rings. The zero-order valence-corrected chi connectivity index (χ0v) is 10.3. The largest absolute Gasteiger partial charge is 0.366 e. The molecule has 1 unspecified atom stereocenters. The van der Waals surface area contributed by atoms with Gasteiger partial charge >= 0.3 is 0 Å². The number of anilines is 1. The number of hydrogen-bond acceptors (Lipinski definition) is 3. The molecule has 5 heteroatoms. The minimum Gasteiger partial charge on any atom is -0.366 e. The van der Waals surface area contributed by atoms with E-state index in [2.05, 4.69) is 4.90 Å². The van der Waals surface area contributed by atoms with Crippen LogP contribution in [0.15, 0.2) is 18.2 Å². The topological polar surface area (TPSA) is 72.3 Å². The van der Waals surface area contributed by atoms with E-state index >= 15 is 0 Å². The van der Waals surface area contributed by atoms with Gasteiger partial charge in [-0.15, -0.1) is 0 Å². The molecule has 1 saturated heterocycles. The van der Waals surface area contributed by atoms with Crippen LogP contribution in [0.1, 0.15) is 23.2 Å². The van der Waals surface area contributed by atoms with Gasteiger partial charge in [-0.3, -0.25) is 4.79 Å². The summed E-state index contributed by atoms with van der Waals surface area (Å²) in [6.07, 6.45) is 2.21. The van der Waals surface area contributed by atoms with E-state index in [-0.39, 0.29) is 0 Å². The van der Waals surface area contributed by atoms with Crippen LogP contribution < -0.4 is 16.4 Å². The van der Waals surface area contributed by atoms with Gasteiger partial charge in [0.2, 0.25) is 5.91 Å². The third kappa shape index (κ3) is 2.37. The predicted molar refractivity (Wildman–Crippen MR) is 69.4 cm³/mol. The van der Waals surface area contributed by atoms with Gasteiger partial charge in [0.1, 0.15) is 0 Å². The Morgan fingerprint density at radius 3 is 2.88 bits per heavy atom. The fraction of sp³-hybridized carbons (Fsp3) is 0.417. The normalized spacial score (nSPS) is 19.6. The van der Waals surface area contributed by atoms with E-state index in [4.69, 9.17) is 23.1 Å². The minimum atomic E-state index is -0.463. The van der Waals surface area contributed by atoms with Crippen molar-refractivity contribution in [2.24, 2.45) is 11.5 Å². The first-order valence-electron chi connectivity index (χ1n) is 5.69. The SMILES string of the molecule is NCC1CCCN1c1ccc(C(N)=O)cc1Cl. The third-order valence-corrected chi connectivity index (χ3v) is 3.49. The Kier molecular flexibility index (Phi) is 3.54. The van der Waals surface area contributed by atoms with Crippen LogP contribution in [-0.4, -0.2) is 25.0 Å². The van der Waals surface area contributed by atoms with E-state index in [9.17, 15) is 4.79 Å². The third-order valence-electron chi connectivity index (χ3n) is 3.19. The second kappa shape index (κ2) is 4.94. The van der Waals surface area contributed by atoms with E-state index in [1.807, 2.05) is 6.07 Å². The van der Waals surface area contributed by atoms with Crippen LogP contribution in [0.25, 0.3) is 0 Å². The van der Waals surface area contributed by atoms with Gasteiger partial charge < -0.3 is 16.4 Å². The Bertz CT molecular complexity index is 436. The zero-order valence-electron chi connectivity index (χ0n) is 9.53. The number of halogens is 1. The number of primary amides is 1. The lowest BCUT2D eigenvalue weighted by atomic mass is 10.1. The smallest absolute Gasteiger partial charge is 0.248 e. The summed E-state index contributed by atoms with van der Waals surface area (Å²) in [6, 6.07) is 5.50. The summed E-state index contributed by atoms with van der Waals surface area (Å²) in [4.78, 5) is 13.2. The van der Waals surface area contributed by atoms with Crippen LogP contribution in [0.4, 0.5) is 5.69 Å². The molecule has 1 atom stereocenters. The molecule has 1 aromatic carbocycles. The van der Waals surface area contributed by atoms with E-state index in [0.29, 0.717) is 23.2 Å². The second-order valence-electron chi connectivity index (χ2n) is 4.26. The van der Waals surface area contributed by atoms with Gasteiger partial charge in [0.05, 0.1) is 10.7 Å². The molecule has 1 amide bonds. The molecule has 4 nitrogen and oxygen atoms in total. The van der Waals surface area contributed by atoms with Crippen LogP contribution in [-0.2, 0) is 0 Å². The summed E-state index contributed by atoms with van der Waals surface area (Å²) in [5.41, 5.74) is 12.3. The van der Waals surface area contributed by atoms with Crippen LogP contribution in [0.3, 0.4) is 0 Å². The fourth-order valence-corrected chi connectivity index (χ4v) is 2.58. The van der Waals surface area contributed by atoms with Gasteiger partial charge in [-0.25, -0.2) is 0 Å². The summed E-state index contributed by atoms with van der Waals surface area (Å²) in [5.74, 6) is -0.463. The maximum Gasteiger partial charge on any atom is 0.248 e. The van der Waals surface area contributed by atoms with Gasteiger partial charge in [-0.2, -0.15) is 0 Å². The lowest BCUT2D eigenvalue weighted by Crippen LogP contribution is -2.35. The number of benzene rings is 1. The molecule has 0 saturated carbocycles. The molecule has 1 aliphatic heterocycles. The molecule has 4 N–H and O–H groups in total. The molecule has 0 aromatic heterocycles. The Labute approximate surface area is 106 Å². The summed E-state index contributed by atoms with van der Waals surface area (Å²) in [6.45, 7) is 1.57. The number of hydrogen-bond donors (Lipinski definition) is 2. The van der Waals surface area contributed by atoms with Gasteiger partial charge in [-0.05, 0) is 31.0 Å². The maximum absolute atomic E-state index is 11.0. The van der Waals surface area contributed by atoms with Gasteiger partial charge in [0.15, 0.2) is 0 Å². The van der Waals surface area contributed by atoms with E-state index in [1.54, 1.807) is 12.1 Å². The lowest BCUT2D eigenvalue weighted by Gasteiger charge is -2.26. The van der Waals surface area contributed by atoms with E-state index in [0.717, 1.165) is 25.1 Å². The summed E-state index contributed by atoms with van der Waals surface area (Å²) in [7, 11) is 0. The van der Waals surface area contributed by atoms with E-state index in [1.165, 1.54) is 0 Å². The highest BCUT2D eigenvalue weighted by Gasteiger charge is 2.25. The number of rotatable bonds is 3. The van der Waals surface area contributed by atoms with Crippen molar-refractivity contribution in [1.29, 1.82) is 0 Å².